The largest absolute Gasteiger partial charge is 0.486 e. The van der Waals surface area contributed by atoms with E-state index in [-0.39, 0.29) is 6.10 Å². The van der Waals surface area contributed by atoms with E-state index in [1.165, 1.54) is 11.3 Å². The number of nitrogens with zero attached hydrogens (tertiary/aromatic N) is 1. The van der Waals surface area contributed by atoms with Crippen LogP contribution in [0.2, 0.25) is 0 Å². The Morgan fingerprint density at radius 3 is 2.84 bits per heavy atom. The lowest BCUT2D eigenvalue weighted by molar-refractivity contribution is 0.224. The summed E-state index contributed by atoms with van der Waals surface area (Å²) >= 11 is 0. The molecule has 2 heterocycles. The molecule has 19 heavy (non-hydrogen) atoms. The van der Waals surface area contributed by atoms with Crippen molar-refractivity contribution >= 4 is 11.4 Å². The molecule has 1 fully saturated rings. The molecule has 0 aromatic heterocycles. The number of aryl methyl sites for hydroxylation is 1. The minimum Gasteiger partial charge on any atom is -0.486 e. The molecule has 2 N–H and O–H groups in total. The van der Waals surface area contributed by atoms with E-state index in [4.69, 9.17) is 4.74 Å². The molecule has 0 bridgehead atoms. The number of rotatable bonds is 2. The molecule has 1 aromatic rings. The summed E-state index contributed by atoms with van der Waals surface area (Å²) in [4.78, 5) is 2.45. The van der Waals surface area contributed by atoms with Crippen LogP contribution in [0.1, 0.15) is 19.4 Å². The van der Waals surface area contributed by atoms with E-state index in [1.807, 2.05) is 0 Å². The fourth-order valence-corrected chi connectivity index (χ4v) is 2.81. The summed E-state index contributed by atoms with van der Waals surface area (Å²) in [5, 5.41) is 6.90. The zero-order chi connectivity index (χ0) is 13.2. The second-order valence-corrected chi connectivity index (χ2v) is 5.38. The van der Waals surface area contributed by atoms with Gasteiger partial charge in [-0.1, -0.05) is 6.92 Å². The third kappa shape index (κ3) is 2.50. The molecule has 104 valence electrons. The highest BCUT2D eigenvalue weighted by Crippen LogP contribution is 2.37. The molecule has 0 amide bonds. The van der Waals surface area contributed by atoms with Gasteiger partial charge in [0.1, 0.15) is 11.9 Å². The van der Waals surface area contributed by atoms with Gasteiger partial charge in [0.25, 0.3) is 0 Å². The first kappa shape index (κ1) is 12.6. The number of hydrogen-bond acceptors (Lipinski definition) is 4. The van der Waals surface area contributed by atoms with Crippen molar-refractivity contribution in [2.75, 3.05) is 42.9 Å². The van der Waals surface area contributed by atoms with Crippen molar-refractivity contribution in [1.29, 1.82) is 0 Å². The normalized spacial score (nSPS) is 22.4. The van der Waals surface area contributed by atoms with E-state index in [1.54, 1.807) is 0 Å². The highest BCUT2D eigenvalue weighted by atomic mass is 16.5. The van der Waals surface area contributed by atoms with Crippen molar-refractivity contribution in [3.63, 3.8) is 0 Å². The predicted molar refractivity (Wildman–Crippen MR) is 79.5 cm³/mol. The van der Waals surface area contributed by atoms with Gasteiger partial charge in [-0.25, -0.2) is 0 Å². The Labute approximate surface area is 115 Å². The van der Waals surface area contributed by atoms with Crippen LogP contribution in [0.5, 0.6) is 5.75 Å². The Bertz CT molecular complexity index is 438. The van der Waals surface area contributed by atoms with Gasteiger partial charge in [0, 0.05) is 31.9 Å². The van der Waals surface area contributed by atoms with Gasteiger partial charge in [-0.2, -0.15) is 0 Å². The average Bonchev–Trinajstić information content (AvgIpc) is 2.47. The lowest BCUT2D eigenvalue weighted by Gasteiger charge is -2.33. The topological polar surface area (TPSA) is 36.5 Å². The molecule has 4 heteroatoms. The molecule has 2 aliphatic rings. The summed E-state index contributed by atoms with van der Waals surface area (Å²) in [7, 11) is 0. The molecule has 1 saturated heterocycles. The van der Waals surface area contributed by atoms with Gasteiger partial charge < -0.3 is 20.3 Å². The van der Waals surface area contributed by atoms with Crippen LogP contribution in [0.15, 0.2) is 12.1 Å². The molecule has 1 unspecified atom stereocenters. The third-order valence-corrected chi connectivity index (χ3v) is 3.91. The Kier molecular flexibility index (Phi) is 3.51. The lowest BCUT2D eigenvalue weighted by Crippen LogP contribution is -2.43. The van der Waals surface area contributed by atoms with Crippen LogP contribution in [0.25, 0.3) is 0 Å². The van der Waals surface area contributed by atoms with Crippen molar-refractivity contribution in [3.8, 4) is 5.75 Å². The van der Waals surface area contributed by atoms with Gasteiger partial charge in [-0.3, -0.25) is 0 Å². The van der Waals surface area contributed by atoms with Gasteiger partial charge in [-0.05, 0) is 31.0 Å². The summed E-state index contributed by atoms with van der Waals surface area (Å²) < 4.78 is 6.00. The van der Waals surface area contributed by atoms with E-state index in [2.05, 4.69) is 41.5 Å². The maximum absolute atomic E-state index is 6.00. The summed E-state index contributed by atoms with van der Waals surface area (Å²) in [6, 6.07) is 4.54. The van der Waals surface area contributed by atoms with Gasteiger partial charge in [0.2, 0.25) is 0 Å². The van der Waals surface area contributed by atoms with Crippen LogP contribution < -0.4 is 20.3 Å². The number of hydrogen-bond donors (Lipinski definition) is 2. The lowest BCUT2D eigenvalue weighted by atomic mass is 10.1. The van der Waals surface area contributed by atoms with Gasteiger partial charge in [0.05, 0.1) is 12.2 Å². The van der Waals surface area contributed by atoms with E-state index in [0.717, 1.165) is 50.6 Å². The second-order valence-electron chi connectivity index (χ2n) is 5.38. The van der Waals surface area contributed by atoms with E-state index >= 15 is 0 Å². The minimum atomic E-state index is 0.253. The highest BCUT2D eigenvalue weighted by Gasteiger charge is 2.21. The Balaban J connectivity index is 1.94. The number of benzene rings is 1. The molecule has 4 nitrogen and oxygen atoms in total. The summed E-state index contributed by atoms with van der Waals surface area (Å²) in [5.41, 5.74) is 3.79. The van der Waals surface area contributed by atoms with Crippen molar-refractivity contribution < 1.29 is 4.74 Å². The molecule has 1 aromatic carbocycles. The van der Waals surface area contributed by atoms with Crippen LogP contribution >= 0.6 is 0 Å². The van der Waals surface area contributed by atoms with E-state index in [9.17, 15) is 0 Å². The third-order valence-electron chi connectivity index (χ3n) is 3.91. The average molecular weight is 261 g/mol. The first-order valence-corrected chi connectivity index (χ1v) is 7.31. The van der Waals surface area contributed by atoms with Crippen LogP contribution in [0, 0.1) is 0 Å². The molecule has 0 radical (unpaired) electrons. The second kappa shape index (κ2) is 5.29. The van der Waals surface area contributed by atoms with Gasteiger partial charge >= 0.3 is 0 Å². The maximum atomic E-state index is 6.00. The zero-order valence-corrected chi connectivity index (χ0v) is 11.8. The van der Waals surface area contributed by atoms with Crippen LogP contribution in [0.4, 0.5) is 11.4 Å². The fraction of sp³-hybridized carbons (Fsp3) is 0.600. The number of piperazine rings is 1. The van der Waals surface area contributed by atoms with E-state index < -0.39 is 0 Å². The van der Waals surface area contributed by atoms with Crippen LogP contribution in [-0.4, -0.2) is 38.8 Å². The Morgan fingerprint density at radius 1 is 1.32 bits per heavy atom. The molecule has 0 aliphatic carbocycles. The minimum absolute atomic E-state index is 0.253. The summed E-state index contributed by atoms with van der Waals surface area (Å²) in [6.45, 7) is 9.50. The molecule has 0 saturated carbocycles. The molecule has 2 aliphatic heterocycles. The first-order valence-electron chi connectivity index (χ1n) is 7.31. The molecule has 3 rings (SSSR count). The molecule has 1 atom stereocenters. The Morgan fingerprint density at radius 2 is 2.11 bits per heavy atom. The highest BCUT2D eigenvalue weighted by molar-refractivity contribution is 5.70. The summed E-state index contributed by atoms with van der Waals surface area (Å²) in [6.07, 6.45) is 1.26. The number of anilines is 2. The number of fused-ring (bicyclic) bond motifs is 1. The molecule has 0 spiro atoms. The smallest absolute Gasteiger partial charge is 0.146 e. The zero-order valence-electron chi connectivity index (χ0n) is 11.8. The van der Waals surface area contributed by atoms with E-state index in [0.29, 0.717) is 0 Å². The predicted octanol–water partition coefficient (Wildman–Crippen LogP) is 1.85. The van der Waals surface area contributed by atoms with Crippen molar-refractivity contribution in [3.05, 3.63) is 17.7 Å². The number of nitrogens with one attached hydrogen (secondary N) is 2. The van der Waals surface area contributed by atoms with Crippen molar-refractivity contribution in [2.24, 2.45) is 0 Å². The SMILES string of the molecule is CCc1cc(N2CCNCC2)cc2c1OC(C)CN2. The van der Waals surface area contributed by atoms with Gasteiger partial charge in [0.15, 0.2) is 0 Å². The standard InChI is InChI=1S/C15H23N3O/c1-3-12-8-13(18-6-4-16-5-7-18)9-14-15(12)19-11(2)10-17-14/h8-9,11,16-17H,3-7,10H2,1-2H3. The van der Waals surface area contributed by atoms with Gasteiger partial charge in [-0.15, -0.1) is 0 Å². The van der Waals surface area contributed by atoms with Crippen molar-refractivity contribution in [1.82, 2.24) is 5.32 Å². The number of ether oxygens (including phenoxy) is 1. The fourth-order valence-electron chi connectivity index (χ4n) is 2.81. The van der Waals surface area contributed by atoms with Crippen molar-refractivity contribution in [2.45, 2.75) is 26.4 Å². The first-order chi connectivity index (χ1) is 9.28. The molecular weight excluding hydrogens is 238 g/mol. The van der Waals surface area contributed by atoms with Crippen LogP contribution in [-0.2, 0) is 6.42 Å². The monoisotopic (exact) mass is 261 g/mol. The quantitative estimate of drug-likeness (QED) is 0.852. The summed E-state index contributed by atoms with van der Waals surface area (Å²) in [5.74, 6) is 1.06. The maximum Gasteiger partial charge on any atom is 0.146 e. The molecular formula is C15H23N3O. The van der Waals surface area contributed by atoms with Crippen LogP contribution in [0.3, 0.4) is 0 Å². The Hall–Kier alpha value is -1.42.